The minimum atomic E-state index is -0.711. The molecule has 4 nitrogen and oxygen atoms in total. The number of piperidine rings is 1. The summed E-state index contributed by atoms with van der Waals surface area (Å²) in [4.78, 5) is 12.5. The van der Waals surface area contributed by atoms with Crippen molar-refractivity contribution in [1.82, 2.24) is 10.2 Å². The highest BCUT2D eigenvalue weighted by Gasteiger charge is 2.39. The Hall–Kier alpha value is -0.610. The second-order valence-corrected chi connectivity index (χ2v) is 4.13. The van der Waals surface area contributed by atoms with E-state index in [9.17, 15) is 4.79 Å². The molecule has 2 fully saturated rings. The number of carboxylic acid groups (broad SMARTS) is 1. The fraction of sp³-hybridized carbons (Fsp3) is 0.889. The van der Waals surface area contributed by atoms with E-state index >= 15 is 0 Å². The zero-order valence-electron chi connectivity index (χ0n) is 7.75. The first-order valence-electron chi connectivity index (χ1n) is 4.89. The quantitative estimate of drug-likeness (QED) is 0.629. The summed E-state index contributed by atoms with van der Waals surface area (Å²) in [5.74, 6) is -0.711. The van der Waals surface area contributed by atoms with Gasteiger partial charge in [0.25, 0.3) is 0 Å². The number of carbonyl (C=O) groups is 1. The molecule has 2 aliphatic rings. The van der Waals surface area contributed by atoms with Crippen molar-refractivity contribution in [2.24, 2.45) is 0 Å². The van der Waals surface area contributed by atoms with E-state index in [1.807, 2.05) is 4.90 Å². The number of aliphatic carboxylic acids is 1. The normalized spacial score (nSPS) is 27.1. The lowest BCUT2D eigenvalue weighted by Crippen LogP contribution is -2.62. The van der Waals surface area contributed by atoms with Crippen LogP contribution in [0.3, 0.4) is 0 Å². The zero-order valence-corrected chi connectivity index (χ0v) is 7.75. The zero-order chi connectivity index (χ0) is 9.31. The predicted octanol–water partition coefficient (Wildman–Crippen LogP) is -0.101. The number of hydrogen-bond acceptors (Lipinski definition) is 3. The van der Waals surface area contributed by atoms with E-state index in [4.69, 9.17) is 5.11 Å². The summed E-state index contributed by atoms with van der Waals surface area (Å²) in [5, 5.41) is 12.1. The number of likely N-dealkylation sites (tertiary alicyclic amines) is 1. The average Bonchev–Trinajstić information content (AvgIpc) is 2.02. The molecule has 74 valence electrons. The van der Waals surface area contributed by atoms with Crippen molar-refractivity contribution < 1.29 is 9.90 Å². The summed E-state index contributed by atoms with van der Waals surface area (Å²) in [6.45, 7) is 3.20. The van der Waals surface area contributed by atoms with Gasteiger partial charge in [0, 0.05) is 18.6 Å². The highest BCUT2D eigenvalue weighted by Crippen LogP contribution is 2.30. The van der Waals surface area contributed by atoms with Crippen LogP contribution in [0, 0.1) is 0 Å². The van der Waals surface area contributed by atoms with Gasteiger partial charge in [0.2, 0.25) is 0 Å². The van der Waals surface area contributed by atoms with Crippen LogP contribution in [-0.4, -0.2) is 47.7 Å². The van der Waals surface area contributed by atoms with E-state index in [2.05, 4.69) is 5.32 Å². The second-order valence-electron chi connectivity index (χ2n) is 4.13. The Balaban J connectivity index is 1.79. The summed E-state index contributed by atoms with van der Waals surface area (Å²) < 4.78 is 0. The minimum Gasteiger partial charge on any atom is -0.480 e. The van der Waals surface area contributed by atoms with Gasteiger partial charge in [-0.05, 0) is 25.8 Å². The lowest BCUT2D eigenvalue weighted by atomic mass is 9.79. The molecule has 2 N–H and O–H groups in total. The summed E-state index contributed by atoms with van der Waals surface area (Å²) >= 11 is 0. The van der Waals surface area contributed by atoms with Crippen LogP contribution >= 0.6 is 0 Å². The first-order chi connectivity index (χ1) is 6.20. The smallest absolute Gasteiger partial charge is 0.317 e. The largest absolute Gasteiger partial charge is 0.480 e. The third-order valence-corrected chi connectivity index (χ3v) is 3.28. The number of nitrogens with one attached hydrogen (secondary N) is 1. The number of rotatable bonds is 2. The molecular formula is C9H16N2O2. The molecule has 1 spiro atoms. The molecule has 0 atom stereocenters. The van der Waals surface area contributed by atoms with Gasteiger partial charge in [-0.25, -0.2) is 0 Å². The van der Waals surface area contributed by atoms with Gasteiger partial charge in [-0.2, -0.15) is 0 Å². The molecule has 0 bridgehead atoms. The average molecular weight is 184 g/mol. The maximum absolute atomic E-state index is 10.5. The fourth-order valence-corrected chi connectivity index (χ4v) is 2.24. The molecule has 0 saturated carbocycles. The topological polar surface area (TPSA) is 52.6 Å². The molecule has 0 unspecified atom stereocenters. The fourth-order valence-electron chi connectivity index (χ4n) is 2.24. The van der Waals surface area contributed by atoms with Gasteiger partial charge in [0.1, 0.15) is 0 Å². The Bertz CT molecular complexity index is 204. The Kier molecular flexibility index (Phi) is 2.26. The van der Waals surface area contributed by atoms with Crippen LogP contribution in [0.15, 0.2) is 0 Å². The van der Waals surface area contributed by atoms with Gasteiger partial charge in [0.15, 0.2) is 0 Å². The second kappa shape index (κ2) is 3.27. The molecule has 0 aromatic rings. The highest BCUT2D eigenvalue weighted by molar-refractivity contribution is 5.69. The maximum Gasteiger partial charge on any atom is 0.317 e. The van der Waals surface area contributed by atoms with Gasteiger partial charge >= 0.3 is 5.97 Å². The highest BCUT2D eigenvalue weighted by atomic mass is 16.4. The maximum atomic E-state index is 10.5. The summed E-state index contributed by atoms with van der Waals surface area (Å²) in [5.41, 5.74) is 0.384. The molecular weight excluding hydrogens is 168 g/mol. The van der Waals surface area contributed by atoms with E-state index in [1.54, 1.807) is 0 Å². The van der Waals surface area contributed by atoms with Crippen LogP contribution in [0.1, 0.15) is 19.3 Å². The standard InChI is InChI=1S/C9H16N2O2/c12-8(13)7-11-5-2-9(3-6-11)1-4-10-9/h10H,1-7H2,(H,12,13). The molecule has 0 aromatic carbocycles. The molecule has 0 aliphatic carbocycles. The van der Waals surface area contributed by atoms with Gasteiger partial charge in [-0.15, -0.1) is 0 Å². The van der Waals surface area contributed by atoms with Gasteiger partial charge in [0.05, 0.1) is 6.54 Å². The first kappa shape index (κ1) is 8.97. The minimum absolute atomic E-state index is 0.204. The van der Waals surface area contributed by atoms with Crippen LogP contribution < -0.4 is 5.32 Å². The molecule has 2 saturated heterocycles. The summed E-state index contributed by atoms with van der Waals surface area (Å²) in [7, 11) is 0. The van der Waals surface area contributed by atoms with Crippen molar-refractivity contribution in [3.05, 3.63) is 0 Å². The predicted molar refractivity (Wildman–Crippen MR) is 48.7 cm³/mol. The first-order valence-corrected chi connectivity index (χ1v) is 4.89. The van der Waals surface area contributed by atoms with Gasteiger partial charge in [-0.3, -0.25) is 9.69 Å². The monoisotopic (exact) mass is 184 g/mol. The van der Waals surface area contributed by atoms with E-state index in [0.717, 1.165) is 32.5 Å². The van der Waals surface area contributed by atoms with Crippen molar-refractivity contribution in [1.29, 1.82) is 0 Å². The SMILES string of the molecule is O=C(O)CN1CCC2(CCN2)CC1. The van der Waals surface area contributed by atoms with Crippen LogP contribution in [0.25, 0.3) is 0 Å². The molecule has 0 amide bonds. The Morgan fingerprint density at radius 2 is 2.00 bits per heavy atom. The number of hydrogen-bond donors (Lipinski definition) is 2. The third kappa shape index (κ3) is 1.84. The molecule has 2 heterocycles. The van der Waals surface area contributed by atoms with Crippen molar-refractivity contribution in [2.75, 3.05) is 26.2 Å². The van der Waals surface area contributed by atoms with Crippen LogP contribution in [-0.2, 0) is 4.79 Å². The Morgan fingerprint density at radius 3 is 2.38 bits per heavy atom. The van der Waals surface area contributed by atoms with E-state index < -0.39 is 5.97 Å². The summed E-state index contributed by atoms with van der Waals surface area (Å²) in [6.07, 6.45) is 3.49. The molecule has 2 rings (SSSR count). The van der Waals surface area contributed by atoms with E-state index in [0.29, 0.717) is 5.54 Å². The lowest BCUT2D eigenvalue weighted by Gasteiger charge is -2.48. The van der Waals surface area contributed by atoms with E-state index in [1.165, 1.54) is 6.42 Å². The van der Waals surface area contributed by atoms with Crippen molar-refractivity contribution in [2.45, 2.75) is 24.8 Å². The van der Waals surface area contributed by atoms with Gasteiger partial charge < -0.3 is 10.4 Å². The molecule has 0 aromatic heterocycles. The lowest BCUT2D eigenvalue weighted by molar-refractivity contribution is -0.138. The third-order valence-electron chi connectivity index (χ3n) is 3.28. The van der Waals surface area contributed by atoms with Crippen LogP contribution in [0.4, 0.5) is 0 Å². The van der Waals surface area contributed by atoms with Crippen molar-refractivity contribution >= 4 is 5.97 Å². The number of carboxylic acids is 1. The van der Waals surface area contributed by atoms with Crippen LogP contribution in [0.5, 0.6) is 0 Å². The molecule has 2 aliphatic heterocycles. The molecule has 4 heteroatoms. The van der Waals surface area contributed by atoms with Crippen molar-refractivity contribution in [3.8, 4) is 0 Å². The molecule has 0 radical (unpaired) electrons. The Labute approximate surface area is 77.9 Å². The number of nitrogens with zero attached hydrogens (tertiary/aromatic N) is 1. The van der Waals surface area contributed by atoms with Crippen LogP contribution in [0.2, 0.25) is 0 Å². The molecule has 13 heavy (non-hydrogen) atoms. The van der Waals surface area contributed by atoms with Crippen molar-refractivity contribution in [3.63, 3.8) is 0 Å². The van der Waals surface area contributed by atoms with E-state index in [-0.39, 0.29) is 6.54 Å². The Morgan fingerprint density at radius 1 is 1.38 bits per heavy atom. The summed E-state index contributed by atoms with van der Waals surface area (Å²) in [6, 6.07) is 0. The van der Waals surface area contributed by atoms with Gasteiger partial charge in [-0.1, -0.05) is 0 Å².